The predicted molar refractivity (Wildman–Crippen MR) is 67.2 cm³/mol. The van der Waals surface area contributed by atoms with E-state index in [-0.39, 0.29) is 5.60 Å². The van der Waals surface area contributed by atoms with Crippen LogP contribution in [-0.4, -0.2) is 25.8 Å². The van der Waals surface area contributed by atoms with Crippen LogP contribution in [0.3, 0.4) is 0 Å². The Morgan fingerprint density at radius 2 is 1.73 bits per heavy atom. The first-order valence-corrected chi connectivity index (χ1v) is 6.01. The van der Waals surface area contributed by atoms with Crippen LogP contribution in [0.5, 0.6) is 0 Å². The summed E-state index contributed by atoms with van der Waals surface area (Å²) in [5.74, 6) is 0. The SMILES string of the molecule is CCC(C)(OC)C(CCC(C)(C)C)NC. The number of nitrogens with one attached hydrogen (secondary N) is 1. The Morgan fingerprint density at radius 3 is 2.00 bits per heavy atom. The lowest BCUT2D eigenvalue weighted by Crippen LogP contribution is -2.48. The Hall–Kier alpha value is -0.0800. The van der Waals surface area contributed by atoms with Crippen molar-refractivity contribution < 1.29 is 4.74 Å². The zero-order chi connectivity index (χ0) is 12.1. The normalized spacial score (nSPS) is 18.6. The second-order valence-corrected chi connectivity index (χ2v) is 5.81. The Balaban J connectivity index is 4.35. The monoisotopic (exact) mass is 215 g/mol. The summed E-state index contributed by atoms with van der Waals surface area (Å²) in [4.78, 5) is 0. The minimum Gasteiger partial charge on any atom is -0.377 e. The van der Waals surface area contributed by atoms with Crippen molar-refractivity contribution in [1.82, 2.24) is 5.32 Å². The van der Waals surface area contributed by atoms with Crippen molar-refractivity contribution in [1.29, 1.82) is 0 Å². The van der Waals surface area contributed by atoms with E-state index in [1.165, 1.54) is 6.42 Å². The fourth-order valence-corrected chi connectivity index (χ4v) is 1.87. The molecule has 92 valence electrons. The highest BCUT2D eigenvalue weighted by atomic mass is 16.5. The molecule has 1 N–H and O–H groups in total. The molecule has 0 aromatic rings. The van der Waals surface area contributed by atoms with Crippen molar-refractivity contribution >= 4 is 0 Å². The molecule has 0 aliphatic heterocycles. The molecule has 2 nitrogen and oxygen atoms in total. The molecule has 0 heterocycles. The molecule has 0 rings (SSSR count). The van der Waals surface area contributed by atoms with Gasteiger partial charge in [-0.05, 0) is 38.6 Å². The van der Waals surface area contributed by atoms with Gasteiger partial charge in [-0.2, -0.15) is 0 Å². The van der Waals surface area contributed by atoms with E-state index < -0.39 is 0 Å². The highest BCUT2D eigenvalue weighted by Crippen LogP contribution is 2.27. The summed E-state index contributed by atoms with van der Waals surface area (Å²) in [6.07, 6.45) is 3.43. The summed E-state index contributed by atoms with van der Waals surface area (Å²) in [7, 11) is 3.84. The topological polar surface area (TPSA) is 21.3 Å². The van der Waals surface area contributed by atoms with Gasteiger partial charge in [0.25, 0.3) is 0 Å². The second-order valence-electron chi connectivity index (χ2n) is 5.81. The van der Waals surface area contributed by atoms with Gasteiger partial charge < -0.3 is 10.1 Å². The maximum atomic E-state index is 5.64. The maximum Gasteiger partial charge on any atom is 0.0800 e. The smallest absolute Gasteiger partial charge is 0.0800 e. The fourth-order valence-electron chi connectivity index (χ4n) is 1.87. The highest BCUT2D eigenvalue weighted by molar-refractivity contribution is 4.88. The lowest BCUT2D eigenvalue weighted by molar-refractivity contribution is -0.0313. The number of rotatable bonds is 6. The fraction of sp³-hybridized carbons (Fsp3) is 1.00. The van der Waals surface area contributed by atoms with E-state index in [9.17, 15) is 0 Å². The van der Waals surface area contributed by atoms with E-state index in [4.69, 9.17) is 4.74 Å². The molecule has 2 heteroatoms. The number of methoxy groups -OCH3 is 1. The average molecular weight is 215 g/mol. The first kappa shape index (κ1) is 14.9. The van der Waals surface area contributed by atoms with Gasteiger partial charge in [0.15, 0.2) is 0 Å². The molecule has 0 aliphatic rings. The molecule has 0 bridgehead atoms. The molecule has 0 radical (unpaired) electrons. The van der Waals surface area contributed by atoms with Gasteiger partial charge in [-0.1, -0.05) is 27.7 Å². The van der Waals surface area contributed by atoms with Gasteiger partial charge in [-0.25, -0.2) is 0 Å². The Kier molecular flexibility index (Phi) is 5.82. The van der Waals surface area contributed by atoms with Gasteiger partial charge in [0.1, 0.15) is 0 Å². The van der Waals surface area contributed by atoms with Gasteiger partial charge in [-0.3, -0.25) is 0 Å². The van der Waals surface area contributed by atoms with Gasteiger partial charge in [0.2, 0.25) is 0 Å². The molecule has 2 atom stereocenters. The number of hydrogen-bond acceptors (Lipinski definition) is 2. The third-order valence-corrected chi connectivity index (χ3v) is 3.44. The molecule has 0 aromatic carbocycles. The van der Waals surface area contributed by atoms with Crippen LogP contribution in [0.1, 0.15) is 53.9 Å². The van der Waals surface area contributed by atoms with Crippen molar-refractivity contribution in [3.63, 3.8) is 0 Å². The Bertz CT molecular complexity index is 168. The van der Waals surface area contributed by atoms with Crippen LogP contribution in [0.4, 0.5) is 0 Å². The second kappa shape index (κ2) is 5.86. The predicted octanol–water partition coefficient (Wildman–Crippen LogP) is 3.22. The Morgan fingerprint density at radius 1 is 1.20 bits per heavy atom. The quantitative estimate of drug-likeness (QED) is 0.734. The van der Waals surface area contributed by atoms with E-state index in [1.807, 2.05) is 14.2 Å². The molecule has 15 heavy (non-hydrogen) atoms. The molecule has 0 aromatic heterocycles. The van der Waals surface area contributed by atoms with E-state index in [0.29, 0.717) is 11.5 Å². The van der Waals surface area contributed by atoms with Crippen LogP contribution in [0.15, 0.2) is 0 Å². The standard InChI is InChI=1S/C13H29NO/c1-8-13(5,15-7)11(14-6)9-10-12(2,3)4/h11,14H,8-10H2,1-7H3. The number of likely N-dealkylation sites (N-methyl/N-ethyl adjacent to an activating group) is 1. The number of ether oxygens (including phenoxy) is 1. The molecular formula is C13H29NO. The van der Waals surface area contributed by atoms with Crippen LogP contribution < -0.4 is 5.32 Å². The first-order chi connectivity index (χ1) is 6.79. The van der Waals surface area contributed by atoms with E-state index in [1.54, 1.807) is 0 Å². The summed E-state index contributed by atoms with van der Waals surface area (Å²) in [6.45, 7) is 11.2. The summed E-state index contributed by atoms with van der Waals surface area (Å²) < 4.78 is 5.64. The molecule has 0 amide bonds. The average Bonchev–Trinajstić information content (AvgIpc) is 2.16. The minimum atomic E-state index is -0.0417. The number of hydrogen-bond donors (Lipinski definition) is 1. The third kappa shape index (κ3) is 4.98. The van der Waals surface area contributed by atoms with Crippen molar-refractivity contribution in [2.24, 2.45) is 5.41 Å². The zero-order valence-electron chi connectivity index (χ0n) is 11.6. The van der Waals surface area contributed by atoms with Crippen LogP contribution in [0.2, 0.25) is 0 Å². The van der Waals surface area contributed by atoms with Crippen molar-refractivity contribution in [2.75, 3.05) is 14.2 Å². The Labute approximate surface area is 95.8 Å². The third-order valence-electron chi connectivity index (χ3n) is 3.44. The van der Waals surface area contributed by atoms with Gasteiger partial charge >= 0.3 is 0 Å². The summed E-state index contributed by atoms with van der Waals surface area (Å²) >= 11 is 0. The maximum absolute atomic E-state index is 5.64. The van der Waals surface area contributed by atoms with Crippen LogP contribution in [0.25, 0.3) is 0 Å². The molecule has 2 unspecified atom stereocenters. The lowest BCUT2D eigenvalue weighted by Gasteiger charge is -2.37. The lowest BCUT2D eigenvalue weighted by atomic mass is 9.83. The highest BCUT2D eigenvalue weighted by Gasteiger charge is 2.31. The molecule has 0 spiro atoms. The molecule has 0 saturated carbocycles. The summed E-state index contributed by atoms with van der Waals surface area (Å²) in [5.41, 5.74) is 0.359. The summed E-state index contributed by atoms with van der Waals surface area (Å²) in [5, 5.41) is 3.39. The first-order valence-electron chi connectivity index (χ1n) is 6.01. The van der Waals surface area contributed by atoms with Gasteiger partial charge in [0.05, 0.1) is 5.60 Å². The van der Waals surface area contributed by atoms with Gasteiger partial charge in [-0.15, -0.1) is 0 Å². The van der Waals surface area contributed by atoms with E-state index in [2.05, 4.69) is 39.9 Å². The van der Waals surface area contributed by atoms with Crippen LogP contribution in [-0.2, 0) is 4.74 Å². The van der Waals surface area contributed by atoms with E-state index >= 15 is 0 Å². The molecule has 0 aliphatic carbocycles. The van der Waals surface area contributed by atoms with Gasteiger partial charge in [0, 0.05) is 13.2 Å². The van der Waals surface area contributed by atoms with Crippen molar-refractivity contribution in [3.8, 4) is 0 Å². The van der Waals surface area contributed by atoms with Crippen LogP contribution in [0, 0.1) is 5.41 Å². The van der Waals surface area contributed by atoms with E-state index in [0.717, 1.165) is 12.8 Å². The van der Waals surface area contributed by atoms with Crippen LogP contribution >= 0.6 is 0 Å². The summed E-state index contributed by atoms with van der Waals surface area (Å²) in [6, 6.07) is 0.437. The van der Waals surface area contributed by atoms with Crippen molar-refractivity contribution in [3.05, 3.63) is 0 Å². The van der Waals surface area contributed by atoms with Crippen molar-refractivity contribution in [2.45, 2.75) is 65.5 Å². The molecular weight excluding hydrogens is 186 g/mol. The zero-order valence-corrected chi connectivity index (χ0v) is 11.6. The molecule has 0 saturated heterocycles. The largest absolute Gasteiger partial charge is 0.377 e. The molecule has 0 fully saturated rings. The minimum absolute atomic E-state index is 0.0417.